The predicted octanol–water partition coefficient (Wildman–Crippen LogP) is 17.8. The summed E-state index contributed by atoms with van der Waals surface area (Å²) in [6.07, 6.45) is 52.3. The standard InChI is InChI=1S/C55H106O6/c1-5-8-10-12-14-16-18-20-21-22-23-24-26-28-30-35-39-43-47-54(57)60-50-52(61-55(58)48-44-40-36-32-31-33-37-41-45-51(4)7-3)49-59-53(56)46-42-38-34-29-27-25-19-17-15-13-11-9-6-2/h51-52H,5-50H2,1-4H3/t51?,52-/m0/s1. The lowest BCUT2D eigenvalue weighted by atomic mass is 9.99. The van der Waals surface area contributed by atoms with Crippen molar-refractivity contribution in [2.24, 2.45) is 5.92 Å². The molecule has 6 nitrogen and oxygen atoms in total. The van der Waals surface area contributed by atoms with Crippen molar-refractivity contribution >= 4 is 17.9 Å². The molecule has 6 heteroatoms. The summed E-state index contributed by atoms with van der Waals surface area (Å²) >= 11 is 0. The Morgan fingerprint density at radius 2 is 0.574 bits per heavy atom. The Hall–Kier alpha value is -1.59. The van der Waals surface area contributed by atoms with Crippen LogP contribution in [0.15, 0.2) is 0 Å². The van der Waals surface area contributed by atoms with Gasteiger partial charge in [-0.15, -0.1) is 0 Å². The van der Waals surface area contributed by atoms with Gasteiger partial charge in [-0.1, -0.05) is 272 Å². The van der Waals surface area contributed by atoms with Gasteiger partial charge in [-0.3, -0.25) is 14.4 Å². The van der Waals surface area contributed by atoms with Crippen molar-refractivity contribution in [3.8, 4) is 0 Å². The average Bonchev–Trinajstić information content (AvgIpc) is 3.26. The first-order valence-electron chi connectivity index (χ1n) is 27.4. The lowest BCUT2D eigenvalue weighted by Crippen LogP contribution is -2.30. The Balaban J connectivity index is 4.27. The van der Waals surface area contributed by atoms with Crippen LogP contribution in [0.5, 0.6) is 0 Å². The first kappa shape index (κ1) is 59.4. The number of ether oxygens (including phenoxy) is 3. The molecule has 0 aromatic carbocycles. The van der Waals surface area contributed by atoms with Gasteiger partial charge in [0.25, 0.3) is 0 Å². The monoisotopic (exact) mass is 863 g/mol. The second-order valence-electron chi connectivity index (χ2n) is 19.1. The van der Waals surface area contributed by atoms with E-state index in [-0.39, 0.29) is 31.1 Å². The summed E-state index contributed by atoms with van der Waals surface area (Å²) in [5.41, 5.74) is 0. The predicted molar refractivity (Wildman–Crippen MR) is 261 cm³/mol. The molecule has 0 rings (SSSR count). The number of hydrogen-bond donors (Lipinski definition) is 0. The molecule has 0 radical (unpaired) electrons. The van der Waals surface area contributed by atoms with E-state index in [0.29, 0.717) is 19.3 Å². The molecule has 2 atom stereocenters. The highest BCUT2D eigenvalue weighted by Gasteiger charge is 2.19. The molecule has 0 spiro atoms. The average molecular weight is 863 g/mol. The van der Waals surface area contributed by atoms with E-state index in [1.54, 1.807) is 0 Å². The second-order valence-corrected chi connectivity index (χ2v) is 19.1. The van der Waals surface area contributed by atoms with E-state index < -0.39 is 6.10 Å². The lowest BCUT2D eigenvalue weighted by molar-refractivity contribution is -0.167. The molecule has 0 N–H and O–H groups in total. The molecule has 0 amide bonds. The van der Waals surface area contributed by atoms with Crippen LogP contribution < -0.4 is 0 Å². The lowest BCUT2D eigenvalue weighted by Gasteiger charge is -2.18. The maximum Gasteiger partial charge on any atom is 0.306 e. The maximum absolute atomic E-state index is 12.8. The van der Waals surface area contributed by atoms with Crippen LogP contribution in [-0.2, 0) is 28.6 Å². The van der Waals surface area contributed by atoms with Crippen molar-refractivity contribution in [3.05, 3.63) is 0 Å². The minimum absolute atomic E-state index is 0.0628. The van der Waals surface area contributed by atoms with Gasteiger partial charge in [-0.2, -0.15) is 0 Å². The molecule has 0 aliphatic heterocycles. The van der Waals surface area contributed by atoms with Gasteiger partial charge in [-0.05, 0) is 25.2 Å². The third kappa shape index (κ3) is 47.7. The first-order valence-corrected chi connectivity index (χ1v) is 27.4. The fourth-order valence-electron chi connectivity index (χ4n) is 8.36. The summed E-state index contributed by atoms with van der Waals surface area (Å²) in [6, 6.07) is 0. The van der Waals surface area contributed by atoms with E-state index in [0.717, 1.165) is 63.7 Å². The zero-order valence-corrected chi connectivity index (χ0v) is 41.6. The van der Waals surface area contributed by atoms with E-state index in [9.17, 15) is 14.4 Å². The van der Waals surface area contributed by atoms with Crippen LogP contribution in [0.2, 0.25) is 0 Å². The van der Waals surface area contributed by atoms with Crippen LogP contribution >= 0.6 is 0 Å². The van der Waals surface area contributed by atoms with Gasteiger partial charge in [0.1, 0.15) is 13.2 Å². The Labute approximate surface area is 380 Å². The fraction of sp³-hybridized carbons (Fsp3) is 0.945. The van der Waals surface area contributed by atoms with E-state index >= 15 is 0 Å². The van der Waals surface area contributed by atoms with Crippen molar-refractivity contribution in [1.82, 2.24) is 0 Å². The molecule has 0 fully saturated rings. The van der Waals surface area contributed by atoms with E-state index in [4.69, 9.17) is 14.2 Å². The van der Waals surface area contributed by atoms with Crippen LogP contribution in [-0.4, -0.2) is 37.2 Å². The molecular formula is C55H106O6. The zero-order chi connectivity index (χ0) is 44.5. The molecular weight excluding hydrogens is 757 g/mol. The molecule has 1 unspecified atom stereocenters. The van der Waals surface area contributed by atoms with Gasteiger partial charge < -0.3 is 14.2 Å². The topological polar surface area (TPSA) is 78.9 Å². The fourth-order valence-corrected chi connectivity index (χ4v) is 8.36. The van der Waals surface area contributed by atoms with Crippen molar-refractivity contribution in [2.45, 2.75) is 316 Å². The molecule has 0 aromatic rings. The molecule has 0 heterocycles. The van der Waals surface area contributed by atoms with Crippen molar-refractivity contribution in [3.63, 3.8) is 0 Å². The van der Waals surface area contributed by atoms with Gasteiger partial charge in [-0.25, -0.2) is 0 Å². The Morgan fingerprint density at radius 1 is 0.328 bits per heavy atom. The molecule has 0 bridgehead atoms. The quantitative estimate of drug-likeness (QED) is 0.0344. The van der Waals surface area contributed by atoms with E-state index in [1.165, 1.54) is 205 Å². The molecule has 0 aliphatic carbocycles. The van der Waals surface area contributed by atoms with Crippen LogP contribution in [0.25, 0.3) is 0 Å². The maximum atomic E-state index is 12.8. The largest absolute Gasteiger partial charge is 0.462 e. The van der Waals surface area contributed by atoms with Gasteiger partial charge in [0.2, 0.25) is 0 Å². The summed E-state index contributed by atoms with van der Waals surface area (Å²) in [5.74, 6) is 0.00247. The number of rotatable bonds is 50. The number of carbonyl (C=O) groups is 3. The minimum atomic E-state index is -0.761. The Bertz CT molecular complexity index is 920. The van der Waals surface area contributed by atoms with Crippen LogP contribution in [0.3, 0.4) is 0 Å². The summed E-state index contributed by atoms with van der Waals surface area (Å²) in [7, 11) is 0. The summed E-state index contributed by atoms with van der Waals surface area (Å²) in [6.45, 7) is 9.04. The molecule has 362 valence electrons. The van der Waals surface area contributed by atoms with E-state index in [1.807, 2.05) is 0 Å². The summed E-state index contributed by atoms with van der Waals surface area (Å²) in [5, 5.41) is 0. The molecule has 0 saturated carbocycles. The van der Waals surface area contributed by atoms with Crippen LogP contribution in [0, 0.1) is 5.92 Å². The Morgan fingerprint density at radius 3 is 0.852 bits per heavy atom. The van der Waals surface area contributed by atoms with Gasteiger partial charge in [0, 0.05) is 19.3 Å². The minimum Gasteiger partial charge on any atom is -0.462 e. The van der Waals surface area contributed by atoms with Crippen molar-refractivity contribution in [1.29, 1.82) is 0 Å². The highest BCUT2D eigenvalue weighted by atomic mass is 16.6. The van der Waals surface area contributed by atoms with Gasteiger partial charge in [0.15, 0.2) is 6.10 Å². The highest BCUT2D eigenvalue weighted by molar-refractivity contribution is 5.71. The number of carbonyl (C=O) groups excluding carboxylic acids is 3. The van der Waals surface area contributed by atoms with Crippen molar-refractivity contribution in [2.75, 3.05) is 13.2 Å². The van der Waals surface area contributed by atoms with E-state index in [2.05, 4.69) is 27.7 Å². The molecule has 0 saturated heterocycles. The highest BCUT2D eigenvalue weighted by Crippen LogP contribution is 2.18. The van der Waals surface area contributed by atoms with Crippen LogP contribution in [0.4, 0.5) is 0 Å². The second kappa shape index (κ2) is 49.4. The zero-order valence-electron chi connectivity index (χ0n) is 41.6. The Kier molecular flexibility index (Phi) is 48.1. The van der Waals surface area contributed by atoms with Crippen molar-refractivity contribution < 1.29 is 28.6 Å². The first-order chi connectivity index (χ1) is 29.9. The smallest absolute Gasteiger partial charge is 0.306 e. The normalized spacial score (nSPS) is 12.4. The SMILES string of the molecule is CCCCCCCCCCCCCCCCCCCCC(=O)OC[C@H](COC(=O)CCCCCCCCCCCCCCC)OC(=O)CCCCCCCCCCC(C)CC. The molecule has 61 heavy (non-hydrogen) atoms. The number of unbranched alkanes of at least 4 members (excludes halogenated alkanes) is 36. The van der Waals surface area contributed by atoms with Crippen LogP contribution in [0.1, 0.15) is 310 Å². The summed E-state index contributed by atoms with van der Waals surface area (Å²) < 4.78 is 16.8. The third-order valence-corrected chi connectivity index (χ3v) is 12.9. The number of esters is 3. The summed E-state index contributed by atoms with van der Waals surface area (Å²) in [4.78, 5) is 38.0. The number of hydrogen-bond acceptors (Lipinski definition) is 6. The van der Waals surface area contributed by atoms with Gasteiger partial charge >= 0.3 is 17.9 Å². The third-order valence-electron chi connectivity index (χ3n) is 12.9. The van der Waals surface area contributed by atoms with Gasteiger partial charge in [0.05, 0.1) is 0 Å². The molecule has 0 aliphatic rings. The molecule has 0 aromatic heterocycles.